The first kappa shape index (κ1) is 14.9. The summed E-state index contributed by atoms with van der Waals surface area (Å²) in [6.07, 6.45) is 1.03. The first-order chi connectivity index (χ1) is 9.51. The van der Waals surface area contributed by atoms with Crippen molar-refractivity contribution in [2.24, 2.45) is 0 Å². The van der Waals surface area contributed by atoms with Gasteiger partial charge in [-0.1, -0.05) is 17.7 Å². The molecule has 20 heavy (non-hydrogen) atoms. The minimum atomic E-state index is -0.172. The zero-order valence-electron chi connectivity index (χ0n) is 12.8. The molecule has 1 N–H and O–H groups in total. The highest BCUT2D eigenvalue weighted by Gasteiger charge is 2.24. The van der Waals surface area contributed by atoms with Gasteiger partial charge in [0.25, 0.3) is 0 Å². The number of hydrogen-bond acceptors (Lipinski definition) is 3. The van der Waals surface area contributed by atoms with Gasteiger partial charge in [0.1, 0.15) is 11.9 Å². The minimum Gasteiger partial charge on any atom is -0.488 e. The van der Waals surface area contributed by atoms with E-state index in [1.54, 1.807) is 4.90 Å². The Hall–Kier alpha value is -1.55. The van der Waals surface area contributed by atoms with Crippen LogP contribution in [0, 0.1) is 6.92 Å². The maximum atomic E-state index is 12.0. The van der Waals surface area contributed by atoms with Gasteiger partial charge in [0.05, 0.1) is 6.04 Å². The fourth-order valence-electron chi connectivity index (χ4n) is 2.45. The summed E-state index contributed by atoms with van der Waals surface area (Å²) < 4.78 is 5.89. The smallest absolute Gasteiger partial charge is 0.239 e. The summed E-state index contributed by atoms with van der Waals surface area (Å²) in [7, 11) is 1.82. The number of benzene rings is 1. The van der Waals surface area contributed by atoms with Crippen LogP contribution in [0.2, 0.25) is 0 Å². The first-order valence-corrected chi connectivity index (χ1v) is 7.25. The molecule has 0 aromatic heterocycles. The lowest BCUT2D eigenvalue weighted by molar-refractivity contribution is -0.131. The van der Waals surface area contributed by atoms with E-state index in [9.17, 15) is 4.79 Å². The van der Waals surface area contributed by atoms with Gasteiger partial charge in [0.15, 0.2) is 0 Å². The van der Waals surface area contributed by atoms with E-state index in [0.29, 0.717) is 6.54 Å². The molecule has 1 heterocycles. The number of carbonyl (C=O) groups excluding carboxylic acids is 1. The van der Waals surface area contributed by atoms with Crippen LogP contribution in [-0.4, -0.2) is 43.1 Å². The molecule has 0 fully saturated rings. The van der Waals surface area contributed by atoms with Gasteiger partial charge in [0, 0.05) is 26.6 Å². The van der Waals surface area contributed by atoms with Crippen LogP contribution in [0.1, 0.15) is 25.0 Å². The van der Waals surface area contributed by atoms with Crippen LogP contribution < -0.4 is 10.1 Å². The van der Waals surface area contributed by atoms with Crippen molar-refractivity contribution in [1.82, 2.24) is 10.2 Å². The van der Waals surface area contributed by atoms with Gasteiger partial charge in [-0.3, -0.25) is 4.79 Å². The average Bonchev–Trinajstić information content (AvgIpc) is 2.84. The van der Waals surface area contributed by atoms with E-state index in [2.05, 4.69) is 24.4 Å². The molecule has 2 atom stereocenters. The van der Waals surface area contributed by atoms with Crippen LogP contribution in [0.25, 0.3) is 0 Å². The molecule has 4 nitrogen and oxygen atoms in total. The van der Waals surface area contributed by atoms with Gasteiger partial charge in [0.2, 0.25) is 5.91 Å². The second kappa shape index (κ2) is 6.27. The Morgan fingerprint density at radius 2 is 2.30 bits per heavy atom. The Morgan fingerprint density at radius 1 is 1.55 bits per heavy atom. The van der Waals surface area contributed by atoms with E-state index < -0.39 is 0 Å². The highest BCUT2D eigenvalue weighted by atomic mass is 16.5. The van der Waals surface area contributed by atoms with E-state index in [1.165, 1.54) is 11.1 Å². The second-order valence-corrected chi connectivity index (χ2v) is 5.54. The van der Waals surface area contributed by atoms with Crippen LogP contribution in [0.5, 0.6) is 5.75 Å². The number of hydrogen-bond donors (Lipinski definition) is 1. The Balaban J connectivity index is 1.84. The molecule has 0 saturated carbocycles. The van der Waals surface area contributed by atoms with Gasteiger partial charge >= 0.3 is 0 Å². The van der Waals surface area contributed by atoms with E-state index in [-0.39, 0.29) is 18.1 Å². The lowest BCUT2D eigenvalue weighted by atomic mass is 10.1. The summed E-state index contributed by atoms with van der Waals surface area (Å²) in [5.41, 5.74) is 2.52. The Morgan fingerprint density at radius 3 is 3.00 bits per heavy atom. The summed E-state index contributed by atoms with van der Waals surface area (Å²) >= 11 is 0. The third-order valence-corrected chi connectivity index (χ3v) is 3.83. The van der Waals surface area contributed by atoms with Gasteiger partial charge in [-0.05, 0) is 32.4 Å². The highest BCUT2D eigenvalue weighted by Crippen LogP contribution is 2.29. The molecule has 110 valence electrons. The minimum absolute atomic E-state index is 0.119. The lowest BCUT2D eigenvalue weighted by Crippen LogP contribution is -2.46. The van der Waals surface area contributed by atoms with Gasteiger partial charge in [-0.15, -0.1) is 0 Å². The summed E-state index contributed by atoms with van der Waals surface area (Å²) in [5, 5.41) is 3.27. The standard InChI is InChI=1S/C16H24N2O2/c1-5-18(4)16(19)12(3)17-10-14-9-13-8-11(2)6-7-15(13)20-14/h6-8,12,14,17H,5,9-10H2,1-4H3. The van der Waals surface area contributed by atoms with Gasteiger partial charge < -0.3 is 15.0 Å². The zero-order chi connectivity index (χ0) is 14.7. The van der Waals surface area contributed by atoms with Crippen molar-refractivity contribution in [3.8, 4) is 5.75 Å². The van der Waals surface area contributed by atoms with Crippen molar-refractivity contribution in [2.45, 2.75) is 39.3 Å². The molecule has 1 aliphatic heterocycles. The molecule has 0 spiro atoms. The van der Waals surface area contributed by atoms with Crippen LogP contribution in [0.3, 0.4) is 0 Å². The first-order valence-electron chi connectivity index (χ1n) is 7.25. The third kappa shape index (κ3) is 3.31. The van der Waals surface area contributed by atoms with Crippen molar-refractivity contribution in [1.29, 1.82) is 0 Å². The Bertz CT molecular complexity index is 487. The number of carbonyl (C=O) groups is 1. The lowest BCUT2D eigenvalue weighted by Gasteiger charge is -2.22. The topological polar surface area (TPSA) is 41.6 Å². The molecular formula is C16H24N2O2. The van der Waals surface area contributed by atoms with Crippen molar-refractivity contribution in [3.63, 3.8) is 0 Å². The third-order valence-electron chi connectivity index (χ3n) is 3.83. The molecular weight excluding hydrogens is 252 g/mol. The molecule has 0 saturated heterocycles. The number of nitrogens with zero attached hydrogens (tertiary/aromatic N) is 1. The van der Waals surface area contributed by atoms with E-state index in [0.717, 1.165) is 18.7 Å². The van der Waals surface area contributed by atoms with Crippen LogP contribution in [-0.2, 0) is 11.2 Å². The number of aryl methyl sites for hydroxylation is 1. The molecule has 2 unspecified atom stereocenters. The number of likely N-dealkylation sites (N-methyl/N-ethyl adjacent to an activating group) is 1. The average molecular weight is 276 g/mol. The van der Waals surface area contributed by atoms with Crippen molar-refractivity contribution >= 4 is 5.91 Å². The molecule has 1 aromatic carbocycles. The Kier molecular flexibility index (Phi) is 4.65. The van der Waals surface area contributed by atoms with E-state index in [4.69, 9.17) is 4.74 Å². The largest absolute Gasteiger partial charge is 0.488 e. The number of fused-ring (bicyclic) bond motifs is 1. The van der Waals surface area contributed by atoms with Crippen LogP contribution >= 0.6 is 0 Å². The van der Waals surface area contributed by atoms with Gasteiger partial charge in [-0.25, -0.2) is 0 Å². The fourth-order valence-corrected chi connectivity index (χ4v) is 2.45. The van der Waals surface area contributed by atoms with Crippen molar-refractivity contribution < 1.29 is 9.53 Å². The summed E-state index contributed by atoms with van der Waals surface area (Å²) in [4.78, 5) is 13.7. The SMILES string of the molecule is CCN(C)C(=O)C(C)NCC1Cc2cc(C)ccc2O1. The van der Waals surface area contributed by atoms with Crippen molar-refractivity contribution in [3.05, 3.63) is 29.3 Å². The fraction of sp³-hybridized carbons (Fsp3) is 0.562. The molecule has 2 rings (SSSR count). The maximum Gasteiger partial charge on any atom is 0.239 e. The number of nitrogens with one attached hydrogen (secondary N) is 1. The number of amides is 1. The molecule has 0 aliphatic carbocycles. The van der Waals surface area contributed by atoms with E-state index >= 15 is 0 Å². The maximum absolute atomic E-state index is 12.0. The number of ether oxygens (including phenoxy) is 1. The monoisotopic (exact) mass is 276 g/mol. The normalized spacial score (nSPS) is 18.3. The van der Waals surface area contributed by atoms with Crippen LogP contribution in [0.15, 0.2) is 18.2 Å². The van der Waals surface area contributed by atoms with Crippen molar-refractivity contribution in [2.75, 3.05) is 20.1 Å². The number of rotatable bonds is 5. The summed E-state index contributed by atoms with van der Waals surface area (Å²) in [5.74, 6) is 1.10. The molecule has 1 aliphatic rings. The summed E-state index contributed by atoms with van der Waals surface area (Å²) in [6, 6.07) is 6.10. The summed E-state index contributed by atoms with van der Waals surface area (Å²) in [6.45, 7) is 7.39. The molecule has 0 bridgehead atoms. The molecule has 1 aromatic rings. The zero-order valence-corrected chi connectivity index (χ0v) is 12.8. The highest BCUT2D eigenvalue weighted by molar-refractivity contribution is 5.81. The second-order valence-electron chi connectivity index (χ2n) is 5.54. The quantitative estimate of drug-likeness (QED) is 0.891. The molecule has 1 amide bonds. The predicted molar refractivity (Wildman–Crippen MR) is 80.1 cm³/mol. The molecule has 4 heteroatoms. The van der Waals surface area contributed by atoms with Gasteiger partial charge in [-0.2, -0.15) is 0 Å². The van der Waals surface area contributed by atoms with Crippen LogP contribution in [0.4, 0.5) is 0 Å². The Labute approximate surface area is 121 Å². The van der Waals surface area contributed by atoms with E-state index in [1.807, 2.05) is 27.0 Å². The molecule has 0 radical (unpaired) electrons. The predicted octanol–water partition coefficient (Wildman–Crippen LogP) is 1.75.